The average molecular weight is 282 g/mol. The lowest BCUT2D eigenvalue weighted by atomic mass is 10.1. The van der Waals surface area contributed by atoms with Crippen LogP contribution in [0.15, 0.2) is 18.2 Å². The first-order chi connectivity index (χ1) is 8.97. The first-order valence-electron chi connectivity index (χ1n) is 6.13. The van der Waals surface area contributed by atoms with Gasteiger partial charge >= 0.3 is 16.2 Å². The van der Waals surface area contributed by atoms with E-state index in [4.69, 9.17) is 5.11 Å². The van der Waals surface area contributed by atoms with Gasteiger partial charge < -0.3 is 5.11 Å². The highest BCUT2D eigenvalue weighted by Gasteiger charge is 2.34. The van der Waals surface area contributed by atoms with E-state index in [2.05, 4.69) is 4.72 Å². The van der Waals surface area contributed by atoms with Gasteiger partial charge in [0, 0.05) is 12.6 Å². The smallest absolute Gasteiger partial charge is 0.335 e. The molecule has 1 aliphatic carbocycles. The van der Waals surface area contributed by atoms with Crippen LogP contribution in [0.3, 0.4) is 0 Å². The zero-order valence-electron chi connectivity index (χ0n) is 10.2. The molecule has 0 aromatic heterocycles. The highest BCUT2D eigenvalue weighted by molar-refractivity contribution is 7.90. The number of aromatic carboxylic acids is 1. The molecule has 0 amide bonds. The summed E-state index contributed by atoms with van der Waals surface area (Å²) in [6, 6.07) is 4.61. The van der Waals surface area contributed by atoms with Crippen molar-refractivity contribution in [2.75, 3.05) is 10.8 Å². The molecule has 0 spiro atoms. The van der Waals surface area contributed by atoms with Crippen LogP contribution in [0, 0.1) is 0 Å². The fraction of sp³-hybridized carbons (Fsp3) is 0.417. The van der Waals surface area contributed by atoms with E-state index in [0.29, 0.717) is 18.7 Å². The SMILES string of the molecule is O=C(O)c1ccc2c(c1)CCN2S(=O)(=O)NC1CC1. The van der Waals surface area contributed by atoms with Gasteiger partial charge in [-0.1, -0.05) is 0 Å². The maximum atomic E-state index is 12.2. The Morgan fingerprint density at radius 1 is 1.37 bits per heavy atom. The fourth-order valence-electron chi connectivity index (χ4n) is 2.23. The van der Waals surface area contributed by atoms with Gasteiger partial charge in [-0.3, -0.25) is 4.31 Å². The number of carbonyl (C=O) groups is 1. The molecule has 1 saturated carbocycles. The Bertz CT molecular complexity index is 637. The van der Waals surface area contributed by atoms with Gasteiger partial charge in [-0.25, -0.2) is 4.79 Å². The summed E-state index contributed by atoms with van der Waals surface area (Å²) in [5.41, 5.74) is 1.53. The minimum Gasteiger partial charge on any atom is -0.478 e. The normalized spacial score (nSPS) is 18.4. The summed E-state index contributed by atoms with van der Waals surface area (Å²) in [4.78, 5) is 10.9. The molecule has 0 saturated heterocycles. The molecule has 0 unspecified atom stereocenters. The molecule has 1 aromatic carbocycles. The number of anilines is 1. The third kappa shape index (κ3) is 2.31. The summed E-state index contributed by atoms with van der Waals surface area (Å²) < 4.78 is 28.3. The second-order valence-electron chi connectivity index (χ2n) is 4.87. The molecule has 2 N–H and O–H groups in total. The maximum Gasteiger partial charge on any atom is 0.335 e. The van der Waals surface area contributed by atoms with Crippen LogP contribution in [0.5, 0.6) is 0 Å². The molecule has 1 aromatic rings. The minimum atomic E-state index is -3.51. The number of carboxylic acid groups (broad SMARTS) is 1. The van der Waals surface area contributed by atoms with Crippen molar-refractivity contribution in [3.63, 3.8) is 0 Å². The molecule has 7 heteroatoms. The molecular formula is C12H14N2O4S. The number of fused-ring (bicyclic) bond motifs is 1. The Balaban J connectivity index is 1.91. The highest BCUT2D eigenvalue weighted by atomic mass is 32.2. The van der Waals surface area contributed by atoms with Gasteiger partial charge in [-0.15, -0.1) is 0 Å². The summed E-state index contributed by atoms with van der Waals surface area (Å²) in [5, 5.41) is 8.92. The number of hydrogen-bond acceptors (Lipinski definition) is 3. The number of benzene rings is 1. The van der Waals surface area contributed by atoms with Gasteiger partial charge in [0.15, 0.2) is 0 Å². The monoisotopic (exact) mass is 282 g/mol. The fourth-order valence-corrected chi connectivity index (χ4v) is 3.78. The molecule has 3 rings (SSSR count). The second-order valence-corrected chi connectivity index (χ2v) is 6.49. The van der Waals surface area contributed by atoms with Gasteiger partial charge in [-0.2, -0.15) is 13.1 Å². The van der Waals surface area contributed by atoms with Crippen molar-refractivity contribution in [2.24, 2.45) is 0 Å². The van der Waals surface area contributed by atoms with Crippen LogP contribution in [0.25, 0.3) is 0 Å². The third-order valence-corrected chi connectivity index (χ3v) is 4.95. The summed E-state index contributed by atoms with van der Waals surface area (Å²) in [6.45, 7) is 0.362. The van der Waals surface area contributed by atoms with Crippen LogP contribution in [0.2, 0.25) is 0 Å². The lowest BCUT2D eigenvalue weighted by molar-refractivity contribution is 0.0697. The highest BCUT2D eigenvalue weighted by Crippen LogP contribution is 2.32. The lowest BCUT2D eigenvalue weighted by Gasteiger charge is -2.19. The van der Waals surface area contributed by atoms with Gasteiger partial charge in [0.25, 0.3) is 0 Å². The van der Waals surface area contributed by atoms with Gasteiger partial charge in [0.05, 0.1) is 11.3 Å². The Morgan fingerprint density at radius 2 is 2.11 bits per heavy atom. The molecule has 2 aliphatic rings. The zero-order chi connectivity index (χ0) is 13.6. The summed E-state index contributed by atoms with van der Waals surface area (Å²) in [5.74, 6) is -1.000. The first-order valence-corrected chi connectivity index (χ1v) is 7.57. The molecule has 0 radical (unpaired) electrons. The average Bonchev–Trinajstić information content (AvgIpc) is 3.04. The first kappa shape index (κ1) is 12.4. The van der Waals surface area contributed by atoms with E-state index in [1.54, 1.807) is 12.1 Å². The summed E-state index contributed by atoms with van der Waals surface area (Å²) in [6.07, 6.45) is 2.32. The number of nitrogens with zero attached hydrogens (tertiary/aromatic N) is 1. The number of nitrogens with one attached hydrogen (secondary N) is 1. The molecule has 19 heavy (non-hydrogen) atoms. The van der Waals surface area contributed by atoms with E-state index in [9.17, 15) is 13.2 Å². The molecule has 102 valence electrons. The van der Waals surface area contributed by atoms with Crippen LogP contribution in [0.4, 0.5) is 5.69 Å². The van der Waals surface area contributed by atoms with Gasteiger partial charge in [0.1, 0.15) is 0 Å². The zero-order valence-corrected chi connectivity index (χ0v) is 11.0. The standard InChI is InChI=1S/C12H14N2O4S/c15-12(16)9-1-4-11-8(7-9)5-6-14(11)19(17,18)13-10-2-3-10/h1,4,7,10,13H,2-3,5-6H2,(H,15,16). The van der Waals surface area contributed by atoms with E-state index in [-0.39, 0.29) is 11.6 Å². The Morgan fingerprint density at radius 3 is 2.74 bits per heavy atom. The van der Waals surface area contributed by atoms with E-state index < -0.39 is 16.2 Å². The van der Waals surface area contributed by atoms with Crippen molar-refractivity contribution in [3.8, 4) is 0 Å². The molecule has 1 aliphatic heterocycles. The van der Waals surface area contributed by atoms with Crippen molar-refractivity contribution in [2.45, 2.75) is 25.3 Å². The maximum absolute atomic E-state index is 12.2. The predicted molar refractivity (Wildman–Crippen MR) is 69.5 cm³/mol. The van der Waals surface area contributed by atoms with Crippen LogP contribution < -0.4 is 9.03 Å². The van der Waals surface area contributed by atoms with Crippen molar-refractivity contribution in [1.82, 2.24) is 4.72 Å². The van der Waals surface area contributed by atoms with Crippen molar-refractivity contribution >= 4 is 21.9 Å². The Labute approximate surface area is 111 Å². The van der Waals surface area contributed by atoms with Crippen LogP contribution in [0.1, 0.15) is 28.8 Å². The summed E-state index contributed by atoms with van der Waals surface area (Å²) >= 11 is 0. The van der Waals surface area contributed by atoms with Crippen molar-refractivity contribution in [1.29, 1.82) is 0 Å². The molecule has 1 fully saturated rings. The molecule has 6 nitrogen and oxygen atoms in total. The van der Waals surface area contributed by atoms with E-state index in [0.717, 1.165) is 18.4 Å². The van der Waals surface area contributed by atoms with E-state index in [1.807, 2.05) is 0 Å². The Kier molecular flexibility index (Phi) is 2.75. The van der Waals surface area contributed by atoms with Gasteiger partial charge in [-0.05, 0) is 43.0 Å². The molecule has 0 atom stereocenters. The summed E-state index contributed by atoms with van der Waals surface area (Å²) in [7, 11) is -3.51. The molecule has 0 bridgehead atoms. The molecular weight excluding hydrogens is 268 g/mol. The van der Waals surface area contributed by atoms with E-state index in [1.165, 1.54) is 10.4 Å². The number of rotatable bonds is 4. The lowest BCUT2D eigenvalue weighted by Crippen LogP contribution is -2.40. The minimum absolute atomic E-state index is 0.0624. The second kappa shape index (κ2) is 4.21. The molecule has 1 heterocycles. The van der Waals surface area contributed by atoms with Crippen LogP contribution >= 0.6 is 0 Å². The quantitative estimate of drug-likeness (QED) is 0.853. The topological polar surface area (TPSA) is 86.7 Å². The van der Waals surface area contributed by atoms with Crippen molar-refractivity contribution < 1.29 is 18.3 Å². The largest absolute Gasteiger partial charge is 0.478 e. The van der Waals surface area contributed by atoms with Crippen LogP contribution in [-0.2, 0) is 16.6 Å². The number of hydrogen-bond donors (Lipinski definition) is 2. The van der Waals surface area contributed by atoms with Crippen LogP contribution in [-0.4, -0.2) is 32.1 Å². The number of carboxylic acids is 1. The van der Waals surface area contributed by atoms with E-state index >= 15 is 0 Å². The Hall–Kier alpha value is -1.60. The third-order valence-electron chi connectivity index (χ3n) is 3.36. The van der Waals surface area contributed by atoms with Gasteiger partial charge in [0.2, 0.25) is 0 Å². The predicted octanol–water partition coefficient (Wildman–Crippen LogP) is 0.744. The van der Waals surface area contributed by atoms with Crippen molar-refractivity contribution in [3.05, 3.63) is 29.3 Å².